The van der Waals surface area contributed by atoms with Crippen molar-refractivity contribution in [2.45, 2.75) is 23.8 Å². The molecule has 1 aromatic rings. The Kier molecular flexibility index (Phi) is 5.71. The Balaban J connectivity index is 3.32. The fourth-order valence-electron chi connectivity index (χ4n) is 1.47. The molecule has 114 valence electrons. The Labute approximate surface area is 125 Å². The highest BCUT2D eigenvalue weighted by molar-refractivity contribution is 7.89. The fraction of sp³-hybridized carbons (Fsp3) is 0.455. The lowest BCUT2D eigenvalue weighted by Crippen LogP contribution is -2.51. The highest BCUT2D eigenvalue weighted by Gasteiger charge is 2.35. The molecule has 0 aliphatic rings. The summed E-state index contributed by atoms with van der Waals surface area (Å²) in [5, 5.41) is 0. The maximum Gasteiger partial charge on any atom is 0.247 e. The number of nitrogens with one attached hydrogen (secondary N) is 1. The van der Waals surface area contributed by atoms with Gasteiger partial charge in [-0.2, -0.15) is 0 Å². The van der Waals surface area contributed by atoms with Gasteiger partial charge >= 0.3 is 0 Å². The summed E-state index contributed by atoms with van der Waals surface area (Å²) in [5.74, 6) is -4.63. The second kappa shape index (κ2) is 6.51. The van der Waals surface area contributed by atoms with Crippen LogP contribution in [0.3, 0.4) is 0 Å². The van der Waals surface area contributed by atoms with Gasteiger partial charge in [0.05, 0.1) is 5.54 Å². The van der Waals surface area contributed by atoms with E-state index in [2.05, 4.69) is 4.72 Å². The van der Waals surface area contributed by atoms with Gasteiger partial charge in [-0.15, -0.1) is 23.2 Å². The van der Waals surface area contributed by atoms with E-state index in [-0.39, 0.29) is 30.3 Å². The maximum absolute atomic E-state index is 13.5. The van der Waals surface area contributed by atoms with Crippen LogP contribution in [0, 0.1) is 17.5 Å². The molecule has 0 radical (unpaired) electrons. The Morgan fingerprint density at radius 3 is 1.95 bits per heavy atom. The lowest BCUT2D eigenvalue weighted by Gasteiger charge is -2.29. The molecule has 0 aliphatic carbocycles. The van der Waals surface area contributed by atoms with Crippen LogP contribution in [0.4, 0.5) is 13.2 Å². The van der Waals surface area contributed by atoms with E-state index in [1.165, 1.54) is 0 Å². The van der Waals surface area contributed by atoms with Crippen molar-refractivity contribution >= 4 is 33.2 Å². The SMILES string of the molecule is CCC(CCl)(CCl)NS(=O)(=O)c1c(F)cc(F)cc1F. The molecule has 0 aromatic heterocycles. The molecule has 0 saturated carbocycles. The van der Waals surface area contributed by atoms with Crippen molar-refractivity contribution in [2.75, 3.05) is 11.8 Å². The Morgan fingerprint density at radius 2 is 1.60 bits per heavy atom. The zero-order valence-electron chi connectivity index (χ0n) is 10.4. The first-order valence-corrected chi connectivity index (χ1v) is 8.07. The highest BCUT2D eigenvalue weighted by Crippen LogP contribution is 2.24. The van der Waals surface area contributed by atoms with Crippen LogP contribution in [-0.4, -0.2) is 25.7 Å². The first-order chi connectivity index (χ1) is 9.21. The molecular formula is C11H12Cl2F3NO2S. The number of hydrogen-bond acceptors (Lipinski definition) is 2. The normalized spacial score (nSPS) is 12.7. The van der Waals surface area contributed by atoms with E-state index in [1.54, 1.807) is 6.92 Å². The minimum absolute atomic E-state index is 0.184. The molecule has 0 heterocycles. The summed E-state index contributed by atoms with van der Waals surface area (Å²) < 4.78 is 66.0. The van der Waals surface area contributed by atoms with Crippen molar-refractivity contribution < 1.29 is 21.6 Å². The summed E-state index contributed by atoms with van der Waals surface area (Å²) in [6.07, 6.45) is 0.212. The minimum Gasteiger partial charge on any atom is -0.207 e. The van der Waals surface area contributed by atoms with Gasteiger partial charge in [0.15, 0.2) is 4.90 Å². The van der Waals surface area contributed by atoms with E-state index in [0.717, 1.165) is 0 Å². The number of hydrogen-bond donors (Lipinski definition) is 1. The first kappa shape index (κ1) is 17.6. The molecule has 3 nitrogen and oxygen atoms in total. The molecule has 0 atom stereocenters. The largest absolute Gasteiger partial charge is 0.247 e. The average molecular weight is 350 g/mol. The van der Waals surface area contributed by atoms with E-state index in [9.17, 15) is 21.6 Å². The third-order valence-electron chi connectivity index (χ3n) is 2.77. The van der Waals surface area contributed by atoms with Crippen molar-refractivity contribution in [1.29, 1.82) is 0 Å². The van der Waals surface area contributed by atoms with Gasteiger partial charge in [0.25, 0.3) is 0 Å². The third kappa shape index (κ3) is 3.58. The van der Waals surface area contributed by atoms with Crippen LogP contribution in [-0.2, 0) is 10.0 Å². The van der Waals surface area contributed by atoms with Crippen molar-refractivity contribution in [3.8, 4) is 0 Å². The molecule has 1 rings (SSSR count). The van der Waals surface area contributed by atoms with E-state index >= 15 is 0 Å². The van der Waals surface area contributed by atoms with Gasteiger partial charge in [0.1, 0.15) is 17.5 Å². The zero-order chi connectivity index (χ0) is 15.6. The van der Waals surface area contributed by atoms with Gasteiger partial charge in [0, 0.05) is 23.9 Å². The number of sulfonamides is 1. The summed E-state index contributed by atoms with van der Waals surface area (Å²) in [5.41, 5.74) is -1.24. The monoisotopic (exact) mass is 349 g/mol. The fourth-order valence-corrected chi connectivity index (χ4v) is 4.02. The summed E-state index contributed by atoms with van der Waals surface area (Å²) in [6.45, 7) is 1.62. The Hall–Kier alpha value is -0.500. The van der Waals surface area contributed by atoms with Gasteiger partial charge in [-0.3, -0.25) is 0 Å². The van der Waals surface area contributed by atoms with Crippen molar-refractivity contribution in [3.63, 3.8) is 0 Å². The van der Waals surface area contributed by atoms with Crippen LogP contribution in [0.5, 0.6) is 0 Å². The summed E-state index contributed by atoms with van der Waals surface area (Å²) in [4.78, 5) is -1.26. The molecule has 1 N–H and O–H groups in total. The topological polar surface area (TPSA) is 46.2 Å². The van der Waals surface area contributed by atoms with Gasteiger partial charge in [0.2, 0.25) is 10.0 Å². The molecule has 9 heteroatoms. The molecule has 0 aliphatic heterocycles. The zero-order valence-corrected chi connectivity index (χ0v) is 12.7. The summed E-state index contributed by atoms with van der Waals surface area (Å²) >= 11 is 11.3. The number of alkyl halides is 2. The van der Waals surface area contributed by atoms with Crippen LogP contribution >= 0.6 is 23.2 Å². The quantitative estimate of drug-likeness (QED) is 0.802. The first-order valence-electron chi connectivity index (χ1n) is 5.52. The standard InChI is InChI=1S/C11H12Cl2F3NO2S/c1-2-11(5-12,6-13)17-20(18,19)10-8(15)3-7(14)4-9(10)16/h3-4,17H,2,5-6H2,1H3. The second-order valence-electron chi connectivity index (χ2n) is 4.21. The molecule has 0 fully saturated rings. The lowest BCUT2D eigenvalue weighted by molar-refractivity contribution is 0.440. The van der Waals surface area contributed by atoms with Crippen molar-refractivity contribution in [3.05, 3.63) is 29.6 Å². The molecule has 0 spiro atoms. The van der Waals surface area contributed by atoms with E-state index < -0.39 is 37.9 Å². The lowest BCUT2D eigenvalue weighted by atomic mass is 10.0. The molecule has 0 saturated heterocycles. The predicted octanol–water partition coefficient (Wildman–Crippen LogP) is 3.01. The molecular weight excluding hydrogens is 338 g/mol. The molecule has 0 unspecified atom stereocenters. The number of halogens is 5. The van der Waals surface area contributed by atoms with Crippen LogP contribution in [0.25, 0.3) is 0 Å². The van der Waals surface area contributed by atoms with Crippen molar-refractivity contribution in [1.82, 2.24) is 4.72 Å². The molecule has 0 bridgehead atoms. The van der Waals surface area contributed by atoms with Gasteiger partial charge in [-0.05, 0) is 6.42 Å². The van der Waals surface area contributed by atoms with Gasteiger partial charge < -0.3 is 0 Å². The summed E-state index contributed by atoms with van der Waals surface area (Å²) in [6, 6.07) is 0.569. The van der Waals surface area contributed by atoms with Gasteiger partial charge in [-0.1, -0.05) is 6.92 Å². The van der Waals surface area contributed by atoms with Crippen molar-refractivity contribution in [2.24, 2.45) is 0 Å². The molecule has 1 aromatic carbocycles. The average Bonchev–Trinajstić information content (AvgIpc) is 2.34. The maximum atomic E-state index is 13.5. The van der Waals surface area contributed by atoms with Crippen LogP contribution < -0.4 is 4.72 Å². The van der Waals surface area contributed by atoms with E-state index in [4.69, 9.17) is 23.2 Å². The predicted molar refractivity (Wildman–Crippen MR) is 71.1 cm³/mol. The van der Waals surface area contributed by atoms with E-state index in [1.807, 2.05) is 0 Å². The smallest absolute Gasteiger partial charge is 0.207 e. The minimum atomic E-state index is -4.57. The second-order valence-corrected chi connectivity index (χ2v) is 6.36. The Bertz CT molecular complexity index is 560. The van der Waals surface area contributed by atoms with E-state index in [0.29, 0.717) is 0 Å². The molecule has 0 amide bonds. The number of rotatable bonds is 6. The number of benzene rings is 1. The summed E-state index contributed by atoms with van der Waals surface area (Å²) in [7, 11) is -4.57. The van der Waals surface area contributed by atoms with Crippen LogP contribution in [0.2, 0.25) is 0 Å². The van der Waals surface area contributed by atoms with Crippen LogP contribution in [0.1, 0.15) is 13.3 Å². The highest BCUT2D eigenvalue weighted by atomic mass is 35.5. The van der Waals surface area contributed by atoms with Gasteiger partial charge in [-0.25, -0.2) is 26.3 Å². The molecule has 20 heavy (non-hydrogen) atoms. The Morgan fingerprint density at radius 1 is 1.15 bits per heavy atom. The van der Waals surface area contributed by atoms with Crippen LogP contribution in [0.15, 0.2) is 17.0 Å². The third-order valence-corrected chi connectivity index (χ3v) is 5.42.